The van der Waals surface area contributed by atoms with Gasteiger partial charge in [-0.25, -0.2) is 4.98 Å². The molecule has 0 spiro atoms. The van der Waals surface area contributed by atoms with Crippen LogP contribution in [-0.4, -0.2) is 12.1 Å². The van der Waals surface area contributed by atoms with Crippen molar-refractivity contribution >= 4 is 15.9 Å². The van der Waals surface area contributed by atoms with Crippen molar-refractivity contribution in [1.29, 1.82) is 0 Å². The van der Waals surface area contributed by atoms with Crippen LogP contribution in [-0.2, 0) is 0 Å². The van der Waals surface area contributed by atoms with Crippen molar-refractivity contribution in [2.45, 2.75) is 19.8 Å². The SMILES string of the molecule is COc1nc(Br)ccc1C(C)C. The average molecular weight is 230 g/mol. The Morgan fingerprint density at radius 2 is 2.08 bits per heavy atom. The molecule has 0 fully saturated rings. The summed E-state index contributed by atoms with van der Waals surface area (Å²) in [5, 5.41) is 0. The summed E-state index contributed by atoms with van der Waals surface area (Å²) in [4.78, 5) is 4.21. The minimum Gasteiger partial charge on any atom is -0.481 e. The fraction of sp³-hybridized carbons (Fsp3) is 0.444. The van der Waals surface area contributed by atoms with Gasteiger partial charge in [0, 0.05) is 5.56 Å². The molecule has 1 heterocycles. The number of methoxy groups -OCH3 is 1. The normalized spacial score (nSPS) is 10.4. The van der Waals surface area contributed by atoms with Gasteiger partial charge in [0.1, 0.15) is 4.60 Å². The molecule has 0 aromatic carbocycles. The molecule has 0 saturated carbocycles. The maximum Gasteiger partial charge on any atom is 0.217 e. The average Bonchev–Trinajstić information content (AvgIpc) is 2.03. The molecule has 0 N–H and O–H groups in total. The number of aromatic nitrogens is 1. The van der Waals surface area contributed by atoms with Gasteiger partial charge >= 0.3 is 0 Å². The van der Waals surface area contributed by atoms with E-state index >= 15 is 0 Å². The second-order valence-electron chi connectivity index (χ2n) is 2.89. The second-order valence-corrected chi connectivity index (χ2v) is 3.70. The number of hydrogen-bond acceptors (Lipinski definition) is 2. The summed E-state index contributed by atoms with van der Waals surface area (Å²) in [6.45, 7) is 4.24. The molecule has 1 rings (SSSR count). The zero-order valence-electron chi connectivity index (χ0n) is 7.47. The zero-order chi connectivity index (χ0) is 9.14. The molecule has 0 amide bonds. The summed E-state index contributed by atoms with van der Waals surface area (Å²) in [5.41, 5.74) is 1.14. The molecule has 0 radical (unpaired) electrons. The van der Waals surface area contributed by atoms with E-state index in [1.165, 1.54) is 0 Å². The van der Waals surface area contributed by atoms with E-state index in [1.54, 1.807) is 7.11 Å². The first-order valence-electron chi connectivity index (χ1n) is 3.85. The highest BCUT2D eigenvalue weighted by Crippen LogP contribution is 2.25. The Bertz CT molecular complexity index is 273. The Balaban J connectivity index is 3.11. The summed E-state index contributed by atoms with van der Waals surface area (Å²) in [5.74, 6) is 1.15. The van der Waals surface area contributed by atoms with E-state index in [-0.39, 0.29) is 0 Å². The van der Waals surface area contributed by atoms with Crippen LogP contribution < -0.4 is 4.74 Å². The van der Waals surface area contributed by atoms with Crippen LogP contribution in [0.15, 0.2) is 16.7 Å². The highest BCUT2D eigenvalue weighted by Gasteiger charge is 2.08. The van der Waals surface area contributed by atoms with Gasteiger partial charge < -0.3 is 4.74 Å². The quantitative estimate of drug-likeness (QED) is 0.728. The Morgan fingerprint density at radius 1 is 1.42 bits per heavy atom. The molecule has 3 heteroatoms. The molecular weight excluding hydrogens is 218 g/mol. The van der Waals surface area contributed by atoms with Crippen molar-refractivity contribution in [2.75, 3.05) is 7.11 Å². The highest BCUT2D eigenvalue weighted by atomic mass is 79.9. The van der Waals surface area contributed by atoms with E-state index in [4.69, 9.17) is 4.74 Å². The van der Waals surface area contributed by atoms with Gasteiger partial charge in [0.05, 0.1) is 7.11 Å². The van der Waals surface area contributed by atoms with Crippen molar-refractivity contribution in [1.82, 2.24) is 4.98 Å². The van der Waals surface area contributed by atoms with Crippen molar-refractivity contribution in [3.05, 3.63) is 22.3 Å². The summed E-state index contributed by atoms with van der Waals surface area (Å²) in [7, 11) is 1.64. The number of rotatable bonds is 2. The number of nitrogens with zero attached hydrogens (tertiary/aromatic N) is 1. The van der Waals surface area contributed by atoms with Crippen LogP contribution in [0.4, 0.5) is 0 Å². The summed E-state index contributed by atoms with van der Waals surface area (Å²) in [6.07, 6.45) is 0. The van der Waals surface area contributed by atoms with E-state index in [2.05, 4.69) is 34.8 Å². The van der Waals surface area contributed by atoms with Gasteiger partial charge in [-0.3, -0.25) is 0 Å². The first-order chi connectivity index (χ1) is 5.65. The minimum atomic E-state index is 0.445. The van der Waals surface area contributed by atoms with Crippen LogP contribution in [0.25, 0.3) is 0 Å². The molecular formula is C9H12BrNO. The molecule has 0 aliphatic heterocycles. The summed E-state index contributed by atoms with van der Waals surface area (Å²) < 4.78 is 5.96. The van der Waals surface area contributed by atoms with E-state index < -0.39 is 0 Å². The molecule has 0 aliphatic rings. The Hall–Kier alpha value is -0.570. The van der Waals surface area contributed by atoms with Gasteiger partial charge in [-0.15, -0.1) is 0 Å². The van der Waals surface area contributed by atoms with Crippen molar-refractivity contribution < 1.29 is 4.74 Å². The van der Waals surface area contributed by atoms with Crippen molar-refractivity contribution in [2.24, 2.45) is 0 Å². The van der Waals surface area contributed by atoms with Gasteiger partial charge in [-0.1, -0.05) is 19.9 Å². The minimum absolute atomic E-state index is 0.445. The predicted molar refractivity (Wildman–Crippen MR) is 52.6 cm³/mol. The van der Waals surface area contributed by atoms with Crippen LogP contribution in [0, 0.1) is 0 Å². The van der Waals surface area contributed by atoms with Crippen molar-refractivity contribution in [3.8, 4) is 5.88 Å². The molecule has 1 aromatic rings. The molecule has 2 nitrogen and oxygen atoms in total. The predicted octanol–water partition coefficient (Wildman–Crippen LogP) is 2.98. The lowest BCUT2D eigenvalue weighted by molar-refractivity contribution is 0.389. The topological polar surface area (TPSA) is 22.1 Å². The van der Waals surface area contributed by atoms with E-state index in [0.717, 1.165) is 10.2 Å². The summed E-state index contributed by atoms with van der Waals surface area (Å²) in [6, 6.07) is 3.96. The van der Waals surface area contributed by atoms with Gasteiger partial charge in [0.25, 0.3) is 0 Å². The van der Waals surface area contributed by atoms with Crippen LogP contribution >= 0.6 is 15.9 Å². The molecule has 0 aliphatic carbocycles. The third kappa shape index (κ3) is 1.97. The lowest BCUT2D eigenvalue weighted by Gasteiger charge is -2.09. The Labute approximate surface area is 81.1 Å². The Kier molecular flexibility index (Phi) is 3.09. The smallest absolute Gasteiger partial charge is 0.217 e. The third-order valence-corrected chi connectivity index (χ3v) is 2.11. The van der Waals surface area contributed by atoms with Gasteiger partial charge in [-0.2, -0.15) is 0 Å². The van der Waals surface area contributed by atoms with Gasteiger partial charge in [0.15, 0.2) is 0 Å². The largest absolute Gasteiger partial charge is 0.481 e. The first kappa shape index (κ1) is 9.52. The molecule has 66 valence electrons. The van der Waals surface area contributed by atoms with Gasteiger partial charge in [0.2, 0.25) is 5.88 Å². The maximum atomic E-state index is 5.15. The standard InChI is InChI=1S/C9H12BrNO/c1-6(2)7-4-5-8(10)11-9(7)12-3/h4-6H,1-3H3. The third-order valence-electron chi connectivity index (χ3n) is 1.67. The molecule has 1 aromatic heterocycles. The Morgan fingerprint density at radius 3 is 2.58 bits per heavy atom. The number of halogens is 1. The molecule has 0 bridgehead atoms. The molecule has 0 unspecified atom stereocenters. The van der Waals surface area contributed by atoms with Crippen LogP contribution in [0.1, 0.15) is 25.3 Å². The zero-order valence-corrected chi connectivity index (χ0v) is 9.05. The number of pyridine rings is 1. The fourth-order valence-corrected chi connectivity index (χ4v) is 1.32. The lowest BCUT2D eigenvalue weighted by Crippen LogP contribution is -1.96. The fourth-order valence-electron chi connectivity index (χ4n) is 1.03. The lowest BCUT2D eigenvalue weighted by atomic mass is 10.1. The number of hydrogen-bond donors (Lipinski definition) is 0. The molecule has 0 atom stereocenters. The highest BCUT2D eigenvalue weighted by molar-refractivity contribution is 9.10. The van der Waals surface area contributed by atoms with Crippen LogP contribution in [0.5, 0.6) is 5.88 Å². The van der Waals surface area contributed by atoms with Crippen LogP contribution in [0.3, 0.4) is 0 Å². The van der Waals surface area contributed by atoms with Crippen LogP contribution in [0.2, 0.25) is 0 Å². The van der Waals surface area contributed by atoms with E-state index in [9.17, 15) is 0 Å². The van der Waals surface area contributed by atoms with Gasteiger partial charge in [-0.05, 0) is 27.9 Å². The number of ether oxygens (including phenoxy) is 1. The molecule has 0 saturated heterocycles. The van der Waals surface area contributed by atoms with E-state index in [1.807, 2.05) is 12.1 Å². The molecule has 12 heavy (non-hydrogen) atoms. The van der Waals surface area contributed by atoms with Crippen molar-refractivity contribution in [3.63, 3.8) is 0 Å². The monoisotopic (exact) mass is 229 g/mol. The van der Waals surface area contributed by atoms with E-state index in [0.29, 0.717) is 11.8 Å². The maximum absolute atomic E-state index is 5.15. The second kappa shape index (κ2) is 3.90. The summed E-state index contributed by atoms with van der Waals surface area (Å²) >= 11 is 3.30. The first-order valence-corrected chi connectivity index (χ1v) is 4.65.